The predicted molar refractivity (Wildman–Crippen MR) is 114 cm³/mol. The Morgan fingerprint density at radius 1 is 1.30 bits per heavy atom. The van der Waals surface area contributed by atoms with Crippen molar-refractivity contribution in [3.63, 3.8) is 0 Å². The number of nitrogens with zero attached hydrogens (tertiary/aromatic N) is 4. The van der Waals surface area contributed by atoms with Crippen LogP contribution in [0.15, 0.2) is 30.5 Å². The van der Waals surface area contributed by atoms with Gasteiger partial charge in [0.1, 0.15) is 5.75 Å². The fourth-order valence-electron chi connectivity index (χ4n) is 3.86. The lowest BCUT2D eigenvalue weighted by Crippen LogP contribution is -2.35. The first-order valence-corrected chi connectivity index (χ1v) is 10.3. The van der Waals surface area contributed by atoms with Gasteiger partial charge in [0.25, 0.3) is 5.91 Å². The van der Waals surface area contributed by atoms with Crippen LogP contribution in [0, 0.1) is 6.92 Å². The minimum atomic E-state index is -0.545. The SMILES string of the molecule is CCN(CCC(=O)N1CCC[C@@H]1c1ncc(C(N)=O)c(C)n1)c1ccc(OC)cc1. The molecule has 0 unspecified atom stereocenters. The molecule has 0 spiro atoms. The third-order valence-electron chi connectivity index (χ3n) is 5.55. The standard InChI is InChI=1S/C22H29N5O3/c1-4-26(16-7-9-17(30-3)10-8-16)13-11-20(28)27-12-5-6-19(27)22-24-14-18(21(23)29)15(2)25-22/h7-10,14,19H,4-6,11-13H2,1-3H3,(H2,23,29)/t19-/m1/s1. The number of carbonyl (C=O) groups excluding carboxylic acids is 2. The molecule has 0 radical (unpaired) electrons. The number of anilines is 1. The Morgan fingerprint density at radius 3 is 2.63 bits per heavy atom. The predicted octanol–water partition coefficient (Wildman–Crippen LogP) is 2.47. The van der Waals surface area contributed by atoms with Gasteiger partial charge >= 0.3 is 0 Å². The number of amides is 2. The van der Waals surface area contributed by atoms with Crippen molar-refractivity contribution in [1.82, 2.24) is 14.9 Å². The van der Waals surface area contributed by atoms with E-state index in [2.05, 4.69) is 21.8 Å². The highest BCUT2D eigenvalue weighted by Crippen LogP contribution is 2.31. The van der Waals surface area contributed by atoms with Crippen LogP contribution in [-0.2, 0) is 4.79 Å². The van der Waals surface area contributed by atoms with Crippen LogP contribution in [0.5, 0.6) is 5.75 Å². The Bertz CT molecular complexity index is 900. The van der Waals surface area contributed by atoms with E-state index < -0.39 is 5.91 Å². The van der Waals surface area contributed by atoms with Crippen LogP contribution in [0.4, 0.5) is 5.69 Å². The Balaban J connectivity index is 1.66. The molecular weight excluding hydrogens is 382 g/mol. The second-order valence-corrected chi connectivity index (χ2v) is 7.36. The number of carbonyl (C=O) groups is 2. The van der Waals surface area contributed by atoms with Gasteiger partial charge in [0.05, 0.1) is 24.4 Å². The van der Waals surface area contributed by atoms with Gasteiger partial charge in [-0.3, -0.25) is 9.59 Å². The Kier molecular flexibility index (Phi) is 6.87. The van der Waals surface area contributed by atoms with Crippen molar-refractivity contribution in [1.29, 1.82) is 0 Å². The molecule has 1 aromatic carbocycles. The number of nitrogens with two attached hydrogens (primary N) is 1. The molecule has 1 aliphatic rings. The lowest BCUT2D eigenvalue weighted by molar-refractivity contribution is -0.132. The van der Waals surface area contributed by atoms with Gasteiger partial charge in [-0.05, 0) is 51.0 Å². The first kappa shape index (κ1) is 21.5. The topological polar surface area (TPSA) is 102 Å². The molecule has 1 saturated heterocycles. The number of rotatable bonds is 8. The van der Waals surface area contributed by atoms with Gasteiger partial charge < -0.3 is 20.3 Å². The van der Waals surface area contributed by atoms with E-state index in [9.17, 15) is 9.59 Å². The van der Waals surface area contributed by atoms with Gasteiger partial charge in [-0.15, -0.1) is 0 Å². The van der Waals surface area contributed by atoms with Crippen LogP contribution < -0.4 is 15.4 Å². The molecule has 0 aliphatic carbocycles. The number of aromatic nitrogens is 2. The first-order chi connectivity index (χ1) is 14.4. The molecule has 8 heteroatoms. The minimum absolute atomic E-state index is 0.0877. The molecule has 0 bridgehead atoms. The lowest BCUT2D eigenvalue weighted by Gasteiger charge is -2.27. The summed E-state index contributed by atoms with van der Waals surface area (Å²) in [5, 5.41) is 0. The molecule has 2 amide bonds. The average Bonchev–Trinajstić information content (AvgIpc) is 3.24. The third-order valence-corrected chi connectivity index (χ3v) is 5.55. The van der Waals surface area contributed by atoms with Crippen molar-refractivity contribution in [3.05, 3.63) is 47.5 Å². The van der Waals surface area contributed by atoms with Crippen LogP contribution in [0.3, 0.4) is 0 Å². The van der Waals surface area contributed by atoms with Crippen LogP contribution in [0.2, 0.25) is 0 Å². The van der Waals surface area contributed by atoms with Crippen LogP contribution in [-0.4, -0.2) is 53.4 Å². The highest BCUT2D eigenvalue weighted by Gasteiger charge is 2.32. The van der Waals surface area contributed by atoms with Crippen molar-refractivity contribution in [3.8, 4) is 5.75 Å². The fraction of sp³-hybridized carbons (Fsp3) is 0.455. The maximum atomic E-state index is 13.0. The summed E-state index contributed by atoms with van der Waals surface area (Å²) in [5.41, 5.74) is 7.26. The summed E-state index contributed by atoms with van der Waals surface area (Å²) in [5.74, 6) is 0.926. The molecule has 2 aromatic rings. The summed E-state index contributed by atoms with van der Waals surface area (Å²) in [7, 11) is 1.64. The third kappa shape index (κ3) is 4.69. The second-order valence-electron chi connectivity index (χ2n) is 7.36. The van der Waals surface area contributed by atoms with Crippen molar-refractivity contribution in [2.45, 2.75) is 39.2 Å². The molecule has 3 rings (SSSR count). The Morgan fingerprint density at radius 2 is 2.03 bits per heavy atom. The average molecular weight is 412 g/mol. The summed E-state index contributed by atoms with van der Waals surface area (Å²) in [6, 6.07) is 7.69. The van der Waals surface area contributed by atoms with Crippen LogP contribution in [0.1, 0.15) is 54.1 Å². The molecule has 1 aliphatic heterocycles. The smallest absolute Gasteiger partial charge is 0.252 e. The molecule has 1 aromatic heterocycles. The van der Waals surface area contributed by atoms with Gasteiger partial charge in [-0.1, -0.05) is 0 Å². The number of methoxy groups -OCH3 is 1. The van der Waals surface area contributed by atoms with E-state index in [0.29, 0.717) is 36.6 Å². The van der Waals surface area contributed by atoms with Gasteiger partial charge in [0.15, 0.2) is 5.82 Å². The number of benzene rings is 1. The Labute approximate surface area is 177 Å². The summed E-state index contributed by atoms with van der Waals surface area (Å²) >= 11 is 0. The van der Waals surface area contributed by atoms with E-state index in [1.54, 1.807) is 14.0 Å². The van der Waals surface area contributed by atoms with E-state index in [0.717, 1.165) is 30.8 Å². The summed E-state index contributed by atoms with van der Waals surface area (Å²) in [6.45, 7) is 5.94. The zero-order valence-corrected chi connectivity index (χ0v) is 17.8. The largest absolute Gasteiger partial charge is 0.497 e. The quantitative estimate of drug-likeness (QED) is 0.716. The molecule has 2 N–H and O–H groups in total. The van der Waals surface area contributed by atoms with Crippen molar-refractivity contribution < 1.29 is 14.3 Å². The maximum absolute atomic E-state index is 13.0. The molecule has 160 valence electrons. The van der Waals surface area contributed by atoms with E-state index in [1.807, 2.05) is 29.2 Å². The zero-order chi connectivity index (χ0) is 21.7. The van der Waals surface area contributed by atoms with Gasteiger partial charge in [0, 0.05) is 37.9 Å². The normalized spacial score (nSPS) is 15.8. The summed E-state index contributed by atoms with van der Waals surface area (Å²) in [6.07, 6.45) is 3.60. The molecular formula is C22H29N5O3. The van der Waals surface area contributed by atoms with Gasteiger partial charge in [-0.2, -0.15) is 0 Å². The van der Waals surface area contributed by atoms with Gasteiger partial charge in [0.2, 0.25) is 5.91 Å². The molecule has 2 heterocycles. The molecule has 1 fully saturated rings. The van der Waals surface area contributed by atoms with E-state index in [4.69, 9.17) is 10.5 Å². The number of ether oxygens (including phenoxy) is 1. The minimum Gasteiger partial charge on any atom is -0.497 e. The second kappa shape index (κ2) is 9.56. The molecule has 1 atom stereocenters. The number of likely N-dealkylation sites (tertiary alicyclic amines) is 1. The highest BCUT2D eigenvalue weighted by atomic mass is 16.5. The van der Waals surface area contributed by atoms with Crippen LogP contribution >= 0.6 is 0 Å². The fourth-order valence-corrected chi connectivity index (χ4v) is 3.86. The maximum Gasteiger partial charge on any atom is 0.252 e. The first-order valence-electron chi connectivity index (χ1n) is 10.3. The van der Waals surface area contributed by atoms with Gasteiger partial charge in [-0.25, -0.2) is 9.97 Å². The van der Waals surface area contributed by atoms with Crippen molar-refractivity contribution in [2.24, 2.45) is 5.73 Å². The molecule has 0 saturated carbocycles. The Hall–Kier alpha value is -3.16. The highest BCUT2D eigenvalue weighted by molar-refractivity contribution is 5.93. The van der Waals surface area contributed by atoms with E-state index >= 15 is 0 Å². The van der Waals surface area contributed by atoms with Crippen molar-refractivity contribution >= 4 is 17.5 Å². The van der Waals surface area contributed by atoms with Crippen molar-refractivity contribution in [2.75, 3.05) is 31.6 Å². The number of primary amides is 1. The zero-order valence-electron chi connectivity index (χ0n) is 17.8. The lowest BCUT2D eigenvalue weighted by atomic mass is 10.1. The summed E-state index contributed by atoms with van der Waals surface area (Å²) in [4.78, 5) is 37.2. The number of hydrogen-bond acceptors (Lipinski definition) is 6. The van der Waals surface area contributed by atoms with E-state index in [1.165, 1.54) is 6.20 Å². The molecule has 30 heavy (non-hydrogen) atoms. The number of hydrogen-bond donors (Lipinski definition) is 1. The van der Waals surface area contributed by atoms with Crippen LogP contribution in [0.25, 0.3) is 0 Å². The summed E-state index contributed by atoms with van der Waals surface area (Å²) < 4.78 is 5.21. The monoisotopic (exact) mass is 411 g/mol. The van der Waals surface area contributed by atoms with E-state index in [-0.39, 0.29) is 11.9 Å². The number of aryl methyl sites for hydroxylation is 1. The molecule has 8 nitrogen and oxygen atoms in total.